The van der Waals surface area contributed by atoms with Gasteiger partial charge in [0, 0.05) is 46.8 Å². The molecule has 2 aliphatic carbocycles. The van der Waals surface area contributed by atoms with E-state index in [0.717, 1.165) is 23.8 Å². The maximum atomic E-state index is 14.9. The molecule has 2 aromatic rings. The van der Waals surface area contributed by atoms with E-state index in [4.69, 9.17) is 0 Å². The van der Waals surface area contributed by atoms with Crippen LogP contribution >= 0.6 is 0 Å². The highest BCUT2D eigenvalue weighted by molar-refractivity contribution is 6.19. The lowest BCUT2D eigenvalue weighted by molar-refractivity contribution is 0.445. The molecule has 4 nitrogen and oxygen atoms in total. The van der Waals surface area contributed by atoms with Crippen LogP contribution in [0.3, 0.4) is 0 Å². The van der Waals surface area contributed by atoms with Gasteiger partial charge in [0.2, 0.25) is 0 Å². The fourth-order valence-corrected chi connectivity index (χ4v) is 4.42. The molecule has 0 atom stereocenters. The number of fused-ring (bicyclic) bond motifs is 3. The van der Waals surface area contributed by atoms with E-state index in [2.05, 4.69) is 9.98 Å². The van der Waals surface area contributed by atoms with E-state index in [-0.39, 0.29) is 22.3 Å². The Morgan fingerprint density at radius 1 is 0.968 bits per heavy atom. The SMILES string of the molecule is N#C/C=C1C(=C2/C3=C(N=CCC3)c3ncccc32)/C(=C/C#N)c2cc(F)c(F)c(F)c2/1. The van der Waals surface area contributed by atoms with Crippen molar-refractivity contribution in [3.63, 3.8) is 0 Å². The summed E-state index contributed by atoms with van der Waals surface area (Å²) >= 11 is 0. The highest BCUT2D eigenvalue weighted by Crippen LogP contribution is 2.55. The van der Waals surface area contributed by atoms with Gasteiger partial charge in [0.25, 0.3) is 0 Å². The summed E-state index contributed by atoms with van der Waals surface area (Å²) in [5.41, 5.74) is 4.00. The molecule has 0 spiro atoms. The number of aromatic nitrogens is 1. The number of allylic oxidation sites excluding steroid dienone is 7. The lowest BCUT2D eigenvalue weighted by atomic mass is 9.88. The smallest absolute Gasteiger partial charge is 0.195 e. The minimum Gasteiger partial charge on any atom is -0.259 e. The molecule has 0 radical (unpaired) electrons. The third kappa shape index (κ3) is 2.54. The number of halogens is 3. The summed E-state index contributed by atoms with van der Waals surface area (Å²) in [5.74, 6) is -4.38. The molecule has 0 amide bonds. The van der Waals surface area contributed by atoms with Crippen LogP contribution in [0, 0.1) is 40.1 Å². The van der Waals surface area contributed by atoms with E-state index < -0.39 is 17.5 Å². The minimum absolute atomic E-state index is 0.0285. The van der Waals surface area contributed by atoms with Crippen molar-refractivity contribution in [2.75, 3.05) is 0 Å². The van der Waals surface area contributed by atoms with Gasteiger partial charge in [0.1, 0.15) is 0 Å². The molecule has 0 unspecified atom stereocenters. The van der Waals surface area contributed by atoms with Crippen molar-refractivity contribution < 1.29 is 13.2 Å². The summed E-state index contributed by atoms with van der Waals surface area (Å²) in [6.45, 7) is 0. The van der Waals surface area contributed by atoms with Gasteiger partial charge >= 0.3 is 0 Å². The normalized spacial score (nSPS) is 21.2. The molecule has 1 aromatic heterocycles. The molecular weight excluding hydrogens is 401 g/mol. The molecule has 7 heteroatoms. The van der Waals surface area contributed by atoms with Crippen LogP contribution in [0.15, 0.2) is 52.7 Å². The topological polar surface area (TPSA) is 72.8 Å². The summed E-state index contributed by atoms with van der Waals surface area (Å²) < 4.78 is 43.1. The van der Waals surface area contributed by atoms with Crippen molar-refractivity contribution in [3.8, 4) is 12.1 Å². The van der Waals surface area contributed by atoms with Crippen molar-refractivity contribution in [1.82, 2.24) is 4.98 Å². The van der Waals surface area contributed by atoms with Gasteiger partial charge in [-0.05, 0) is 47.3 Å². The van der Waals surface area contributed by atoms with Gasteiger partial charge in [0.15, 0.2) is 17.5 Å². The molecule has 0 saturated heterocycles. The van der Waals surface area contributed by atoms with Gasteiger partial charge in [-0.2, -0.15) is 10.5 Å². The van der Waals surface area contributed by atoms with E-state index in [9.17, 15) is 23.7 Å². The molecule has 0 bridgehead atoms. The predicted octanol–water partition coefficient (Wildman–Crippen LogP) is 5.37. The van der Waals surface area contributed by atoms with Crippen LogP contribution in [-0.2, 0) is 0 Å². The van der Waals surface area contributed by atoms with Gasteiger partial charge in [-0.15, -0.1) is 0 Å². The van der Waals surface area contributed by atoms with Crippen LogP contribution in [0.2, 0.25) is 0 Å². The number of benzene rings is 1. The number of hydrogen-bond acceptors (Lipinski definition) is 4. The van der Waals surface area contributed by atoms with Crippen molar-refractivity contribution in [1.29, 1.82) is 10.5 Å². The monoisotopic (exact) mass is 412 g/mol. The van der Waals surface area contributed by atoms with Crippen molar-refractivity contribution >= 4 is 28.6 Å². The third-order valence-electron chi connectivity index (χ3n) is 5.56. The minimum atomic E-state index is -1.62. The molecular formula is C24H11F3N4. The first-order valence-electron chi connectivity index (χ1n) is 9.43. The largest absolute Gasteiger partial charge is 0.259 e. The zero-order valence-electron chi connectivity index (χ0n) is 15.9. The third-order valence-corrected chi connectivity index (χ3v) is 5.56. The average molecular weight is 412 g/mol. The fourth-order valence-electron chi connectivity index (χ4n) is 4.42. The summed E-state index contributed by atoms with van der Waals surface area (Å²) in [5, 5.41) is 18.8. The van der Waals surface area contributed by atoms with Crippen LogP contribution in [0.4, 0.5) is 13.2 Å². The van der Waals surface area contributed by atoms with Gasteiger partial charge in [-0.1, -0.05) is 6.07 Å². The Morgan fingerprint density at radius 2 is 1.74 bits per heavy atom. The summed E-state index contributed by atoms with van der Waals surface area (Å²) in [4.78, 5) is 8.92. The Balaban J connectivity index is 1.96. The summed E-state index contributed by atoms with van der Waals surface area (Å²) in [6.07, 6.45) is 6.97. The van der Waals surface area contributed by atoms with Gasteiger partial charge < -0.3 is 0 Å². The molecule has 31 heavy (non-hydrogen) atoms. The number of aliphatic imine (C=N–C) groups is 1. The number of rotatable bonds is 0. The molecule has 3 aliphatic rings. The van der Waals surface area contributed by atoms with Crippen molar-refractivity contribution in [3.05, 3.63) is 87.5 Å². The zero-order chi connectivity index (χ0) is 21.7. The van der Waals surface area contributed by atoms with Gasteiger partial charge in [-0.25, -0.2) is 13.2 Å². The Hall–Kier alpha value is -4.23. The summed E-state index contributed by atoms with van der Waals surface area (Å²) in [6, 6.07) is 8.21. The summed E-state index contributed by atoms with van der Waals surface area (Å²) in [7, 11) is 0. The van der Waals surface area contributed by atoms with Crippen molar-refractivity contribution in [2.24, 2.45) is 4.99 Å². The lowest BCUT2D eigenvalue weighted by Gasteiger charge is -2.14. The number of nitrogens with zero attached hydrogens (tertiary/aromatic N) is 4. The van der Waals surface area contributed by atoms with E-state index >= 15 is 0 Å². The Bertz CT molecular complexity index is 1430. The number of pyridine rings is 1. The zero-order valence-corrected chi connectivity index (χ0v) is 15.9. The van der Waals surface area contributed by atoms with E-state index in [1.807, 2.05) is 18.2 Å². The van der Waals surface area contributed by atoms with E-state index in [1.165, 1.54) is 0 Å². The molecule has 148 valence electrons. The standard InChI is InChI=1S/C24H11F3N4/c25-17-11-16-12(5-7-28)18(13(6-8-29)20(16)22(27)21(17)26)19-14-3-1-9-30-23(14)24-15(19)4-2-10-31-24/h1,3,5-6,9-11H,2,4H2/b12-5+,13-6-,19-18+. The maximum Gasteiger partial charge on any atom is 0.195 e. The second-order valence-electron chi connectivity index (χ2n) is 7.11. The second-order valence-corrected chi connectivity index (χ2v) is 7.11. The quantitative estimate of drug-likeness (QED) is 0.431. The molecule has 1 aromatic carbocycles. The second kappa shape index (κ2) is 6.93. The Kier molecular flexibility index (Phi) is 4.20. The van der Waals surface area contributed by atoms with Crippen LogP contribution in [0.1, 0.15) is 35.2 Å². The van der Waals surface area contributed by atoms with Crippen LogP contribution in [0.5, 0.6) is 0 Å². The Morgan fingerprint density at radius 3 is 2.52 bits per heavy atom. The Labute approximate surface area is 175 Å². The first kappa shape index (κ1) is 18.8. The fraction of sp³-hybridized carbons (Fsp3) is 0.0833. The van der Waals surface area contributed by atoms with Gasteiger partial charge in [0.05, 0.1) is 23.5 Å². The molecule has 5 rings (SSSR count). The molecule has 0 N–H and O–H groups in total. The first-order valence-corrected chi connectivity index (χ1v) is 9.43. The van der Waals surface area contributed by atoms with Crippen LogP contribution in [0.25, 0.3) is 22.4 Å². The highest BCUT2D eigenvalue weighted by Gasteiger charge is 2.39. The lowest BCUT2D eigenvalue weighted by Crippen LogP contribution is -1.98. The first-order chi connectivity index (χ1) is 15.1. The van der Waals surface area contributed by atoms with E-state index in [1.54, 1.807) is 18.5 Å². The van der Waals surface area contributed by atoms with Gasteiger partial charge in [-0.3, -0.25) is 9.98 Å². The predicted molar refractivity (Wildman–Crippen MR) is 109 cm³/mol. The van der Waals surface area contributed by atoms with Crippen molar-refractivity contribution in [2.45, 2.75) is 12.8 Å². The van der Waals surface area contributed by atoms with Crippen LogP contribution < -0.4 is 0 Å². The number of nitriles is 2. The molecule has 2 heterocycles. The molecule has 1 aliphatic heterocycles. The van der Waals surface area contributed by atoms with Crippen LogP contribution in [-0.4, -0.2) is 11.2 Å². The number of hydrogen-bond donors (Lipinski definition) is 0. The van der Waals surface area contributed by atoms with E-state index in [0.29, 0.717) is 40.9 Å². The molecule has 0 fully saturated rings. The average Bonchev–Trinajstić information content (AvgIpc) is 3.25. The highest BCUT2D eigenvalue weighted by atomic mass is 19.2. The molecule has 0 saturated carbocycles. The maximum absolute atomic E-state index is 14.9.